The van der Waals surface area contributed by atoms with E-state index in [9.17, 15) is 0 Å². The number of hydrogen-bond donors (Lipinski definition) is 2. The van der Waals surface area contributed by atoms with Crippen molar-refractivity contribution in [1.82, 2.24) is 5.32 Å². The van der Waals surface area contributed by atoms with Crippen molar-refractivity contribution < 1.29 is 0 Å². The largest absolute Gasteiger partial charge is 0.399 e. The van der Waals surface area contributed by atoms with Gasteiger partial charge in [0, 0.05) is 11.2 Å². The van der Waals surface area contributed by atoms with E-state index in [1.165, 1.54) is 19.3 Å². The zero-order chi connectivity index (χ0) is 13.3. The van der Waals surface area contributed by atoms with E-state index in [0.29, 0.717) is 5.54 Å². The molecule has 1 aromatic rings. The molecule has 0 radical (unpaired) electrons. The molecule has 0 saturated heterocycles. The second kappa shape index (κ2) is 5.16. The molecule has 104 valence electrons. The number of nitrogen functional groups attached to an aromatic ring is 1. The molecule has 0 amide bonds. The first-order chi connectivity index (χ1) is 9.19. The summed E-state index contributed by atoms with van der Waals surface area (Å²) in [5, 5.41) is 3.61. The minimum absolute atomic E-state index is 0.592. The molecule has 4 aliphatic rings. The minimum Gasteiger partial charge on any atom is -0.399 e. The summed E-state index contributed by atoms with van der Waals surface area (Å²) in [6.07, 6.45) is 9.11. The highest BCUT2D eigenvalue weighted by Crippen LogP contribution is 2.55. The maximum absolute atomic E-state index is 5.36. The molecule has 19 heavy (non-hydrogen) atoms. The van der Waals surface area contributed by atoms with E-state index in [0.717, 1.165) is 23.4 Å². The van der Waals surface area contributed by atoms with Gasteiger partial charge in [-0.2, -0.15) is 0 Å². The molecule has 4 fully saturated rings. The van der Waals surface area contributed by atoms with Gasteiger partial charge in [0.2, 0.25) is 0 Å². The van der Waals surface area contributed by atoms with Crippen LogP contribution in [0.2, 0.25) is 0 Å². The average Bonchev–Trinajstić information content (AvgIpc) is 2.39. The highest BCUT2D eigenvalue weighted by Gasteiger charge is 2.49. The summed E-state index contributed by atoms with van der Waals surface area (Å²) in [6, 6.07) is 9.49. The number of para-hydroxylation sites is 1. The van der Waals surface area contributed by atoms with Crippen LogP contribution in [0.3, 0.4) is 0 Å². The average molecular weight is 258 g/mol. The number of benzene rings is 1. The highest BCUT2D eigenvalue weighted by atomic mass is 15.0. The number of rotatable bonds is 1. The van der Waals surface area contributed by atoms with Crippen molar-refractivity contribution >= 4 is 5.69 Å². The van der Waals surface area contributed by atoms with Crippen LogP contribution in [0.25, 0.3) is 0 Å². The Bertz CT molecular complexity index is 377. The van der Waals surface area contributed by atoms with E-state index in [1.807, 2.05) is 30.3 Å². The quantitative estimate of drug-likeness (QED) is 0.757. The van der Waals surface area contributed by atoms with Crippen LogP contribution in [-0.2, 0) is 0 Å². The molecule has 1 aromatic carbocycles. The number of nitrogens with one attached hydrogen (secondary N) is 1. The van der Waals surface area contributed by atoms with Crippen LogP contribution in [0.1, 0.15) is 38.5 Å². The Morgan fingerprint density at radius 1 is 0.947 bits per heavy atom. The van der Waals surface area contributed by atoms with Gasteiger partial charge in [-0.1, -0.05) is 18.2 Å². The normalized spacial score (nSPS) is 38.7. The molecule has 5 rings (SSSR count). The summed E-state index contributed by atoms with van der Waals surface area (Å²) in [7, 11) is 2.17. The Morgan fingerprint density at radius 3 is 1.74 bits per heavy atom. The fourth-order valence-electron chi connectivity index (χ4n) is 4.87. The molecule has 4 aliphatic carbocycles. The zero-order valence-corrected chi connectivity index (χ0v) is 11.9. The van der Waals surface area contributed by atoms with Crippen molar-refractivity contribution in [2.45, 2.75) is 44.1 Å². The molecule has 0 heterocycles. The van der Waals surface area contributed by atoms with Crippen molar-refractivity contribution in [2.24, 2.45) is 17.8 Å². The monoisotopic (exact) mass is 258 g/mol. The summed E-state index contributed by atoms with van der Waals surface area (Å²) < 4.78 is 0. The van der Waals surface area contributed by atoms with E-state index in [-0.39, 0.29) is 0 Å². The van der Waals surface area contributed by atoms with Crippen LogP contribution >= 0.6 is 0 Å². The first-order valence-corrected chi connectivity index (χ1v) is 7.68. The van der Waals surface area contributed by atoms with Gasteiger partial charge in [0.25, 0.3) is 0 Å². The van der Waals surface area contributed by atoms with E-state index < -0.39 is 0 Å². The SMILES string of the molecule is CNC12CC3CC(CC(C3)C1)C2.Nc1ccccc1. The molecule has 0 spiro atoms. The molecule has 4 bridgehead atoms. The lowest BCUT2D eigenvalue weighted by atomic mass is 9.53. The second-order valence-corrected chi connectivity index (χ2v) is 6.86. The standard InChI is InChI=1S/C11H19N.C6H7N/c1-12-11-5-8-2-9(6-11)4-10(3-8)7-11;7-6-4-2-1-3-5-6/h8-10,12H,2-7H2,1H3;1-5H,7H2. The fourth-order valence-corrected chi connectivity index (χ4v) is 4.87. The van der Waals surface area contributed by atoms with Gasteiger partial charge in [0.1, 0.15) is 0 Å². The van der Waals surface area contributed by atoms with Crippen molar-refractivity contribution in [3.8, 4) is 0 Å². The Balaban J connectivity index is 0.000000136. The Morgan fingerprint density at radius 2 is 1.42 bits per heavy atom. The number of anilines is 1. The number of nitrogens with two attached hydrogens (primary N) is 1. The van der Waals surface area contributed by atoms with Crippen LogP contribution in [0, 0.1) is 17.8 Å². The molecule has 0 aromatic heterocycles. The molecular formula is C17H26N2. The first-order valence-electron chi connectivity index (χ1n) is 7.68. The van der Waals surface area contributed by atoms with E-state index >= 15 is 0 Å². The van der Waals surface area contributed by atoms with Gasteiger partial charge in [-0.05, 0) is 75.5 Å². The third kappa shape index (κ3) is 2.79. The maximum atomic E-state index is 5.36. The Kier molecular flexibility index (Phi) is 3.53. The van der Waals surface area contributed by atoms with Crippen LogP contribution in [0.15, 0.2) is 30.3 Å². The van der Waals surface area contributed by atoms with Gasteiger partial charge >= 0.3 is 0 Å². The van der Waals surface area contributed by atoms with Gasteiger partial charge in [0.05, 0.1) is 0 Å². The molecule has 0 aliphatic heterocycles. The smallest absolute Gasteiger partial charge is 0.0313 e. The van der Waals surface area contributed by atoms with Gasteiger partial charge in [0.15, 0.2) is 0 Å². The summed E-state index contributed by atoms with van der Waals surface area (Å²) in [5.41, 5.74) is 6.77. The van der Waals surface area contributed by atoms with E-state index in [2.05, 4.69) is 12.4 Å². The van der Waals surface area contributed by atoms with Crippen LogP contribution in [-0.4, -0.2) is 12.6 Å². The maximum Gasteiger partial charge on any atom is 0.0313 e. The lowest BCUT2D eigenvalue weighted by molar-refractivity contribution is -0.0158. The second-order valence-electron chi connectivity index (χ2n) is 6.86. The van der Waals surface area contributed by atoms with Crippen molar-refractivity contribution in [3.63, 3.8) is 0 Å². The summed E-state index contributed by atoms with van der Waals surface area (Å²) >= 11 is 0. The summed E-state index contributed by atoms with van der Waals surface area (Å²) in [6.45, 7) is 0. The number of hydrogen-bond acceptors (Lipinski definition) is 2. The molecule has 3 N–H and O–H groups in total. The fraction of sp³-hybridized carbons (Fsp3) is 0.647. The summed E-state index contributed by atoms with van der Waals surface area (Å²) in [5.74, 6) is 3.26. The predicted octanol–water partition coefficient (Wildman–Crippen LogP) is 3.44. The van der Waals surface area contributed by atoms with Crippen LogP contribution in [0.4, 0.5) is 5.69 Å². The van der Waals surface area contributed by atoms with E-state index in [1.54, 1.807) is 19.3 Å². The van der Waals surface area contributed by atoms with Crippen molar-refractivity contribution in [1.29, 1.82) is 0 Å². The zero-order valence-electron chi connectivity index (χ0n) is 11.9. The van der Waals surface area contributed by atoms with E-state index in [4.69, 9.17) is 5.73 Å². The van der Waals surface area contributed by atoms with Crippen molar-refractivity contribution in [2.75, 3.05) is 12.8 Å². The van der Waals surface area contributed by atoms with Crippen LogP contribution in [0.5, 0.6) is 0 Å². The Hall–Kier alpha value is -1.02. The first kappa shape index (κ1) is 13.0. The third-order valence-corrected chi connectivity index (χ3v) is 5.37. The third-order valence-electron chi connectivity index (χ3n) is 5.37. The molecule has 0 atom stereocenters. The van der Waals surface area contributed by atoms with Gasteiger partial charge < -0.3 is 11.1 Å². The molecule has 4 saturated carbocycles. The van der Waals surface area contributed by atoms with Crippen LogP contribution < -0.4 is 11.1 Å². The molecular weight excluding hydrogens is 232 g/mol. The van der Waals surface area contributed by atoms with Gasteiger partial charge in [-0.25, -0.2) is 0 Å². The van der Waals surface area contributed by atoms with Crippen molar-refractivity contribution in [3.05, 3.63) is 30.3 Å². The van der Waals surface area contributed by atoms with Gasteiger partial charge in [-0.15, -0.1) is 0 Å². The summed E-state index contributed by atoms with van der Waals surface area (Å²) in [4.78, 5) is 0. The molecule has 2 nitrogen and oxygen atoms in total. The lowest BCUT2D eigenvalue weighted by Crippen LogP contribution is -2.57. The topological polar surface area (TPSA) is 38.0 Å². The highest BCUT2D eigenvalue weighted by molar-refractivity contribution is 5.35. The molecule has 0 unspecified atom stereocenters. The lowest BCUT2D eigenvalue weighted by Gasteiger charge is -2.56. The predicted molar refractivity (Wildman–Crippen MR) is 80.8 cm³/mol. The molecule has 2 heteroatoms. The Labute approximate surface area is 116 Å². The van der Waals surface area contributed by atoms with Gasteiger partial charge in [-0.3, -0.25) is 0 Å². The minimum atomic E-state index is 0.592.